The molecule has 4 aromatic rings. The Morgan fingerprint density at radius 3 is 2.47 bits per heavy atom. The first-order valence-electron chi connectivity index (χ1n) is 11.7. The predicted octanol–water partition coefficient (Wildman–Crippen LogP) is 6.63. The van der Waals surface area contributed by atoms with Crippen LogP contribution in [0, 0.1) is 0 Å². The van der Waals surface area contributed by atoms with Gasteiger partial charge < -0.3 is 19.4 Å². The summed E-state index contributed by atoms with van der Waals surface area (Å²) < 4.78 is 12.1. The van der Waals surface area contributed by atoms with Gasteiger partial charge in [-0.3, -0.25) is 10.1 Å². The zero-order valence-electron chi connectivity index (χ0n) is 20.3. The van der Waals surface area contributed by atoms with Gasteiger partial charge in [0.25, 0.3) is 5.91 Å². The quantitative estimate of drug-likeness (QED) is 0.232. The van der Waals surface area contributed by atoms with E-state index >= 15 is 0 Å². The molecule has 1 amide bonds. The zero-order chi connectivity index (χ0) is 25.7. The van der Waals surface area contributed by atoms with Crippen molar-refractivity contribution in [2.75, 3.05) is 29.9 Å². The minimum absolute atomic E-state index is 0.181. The number of hydrogen-bond donors (Lipinski definition) is 2. The third kappa shape index (κ3) is 5.85. The van der Waals surface area contributed by atoms with Gasteiger partial charge in [0.2, 0.25) is 5.89 Å². The minimum atomic E-state index is -0.325. The highest BCUT2D eigenvalue weighted by atomic mass is 79.9. The number of rotatable bonds is 8. The summed E-state index contributed by atoms with van der Waals surface area (Å²) >= 11 is 8.77. The molecule has 1 aromatic heterocycles. The van der Waals surface area contributed by atoms with Crippen LogP contribution in [0.15, 0.2) is 69.6 Å². The predicted molar refractivity (Wildman–Crippen MR) is 152 cm³/mol. The number of nitrogens with zero attached hydrogens (tertiary/aromatic N) is 2. The van der Waals surface area contributed by atoms with Gasteiger partial charge in [0.05, 0.1) is 11.1 Å². The van der Waals surface area contributed by atoms with Gasteiger partial charge in [-0.05, 0) is 110 Å². The fraction of sp³-hybridized carbons (Fsp3) is 0.222. The SMILES string of the molecule is CCOc1ccc(C(=O)NC(=S)Nc2ccc3oc(-c4ccc(N(CC)CC)cc4)nc3c2)cc1Br. The van der Waals surface area contributed by atoms with E-state index in [0.717, 1.165) is 18.7 Å². The second-order valence-electron chi connectivity index (χ2n) is 7.91. The lowest BCUT2D eigenvalue weighted by atomic mass is 10.2. The molecule has 0 aliphatic rings. The third-order valence-corrected chi connectivity index (χ3v) is 6.43. The number of fused-ring (bicyclic) bond motifs is 1. The van der Waals surface area contributed by atoms with Gasteiger partial charge in [0.15, 0.2) is 10.7 Å². The van der Waals surface area contributed by atoms with Crippen LogP contribution in [0.2, 0.25) is 0 Å². The van der Waals surface area contributed by atoms with Crippen LogP contribution in [-0.2, 0) is 0 Å². The van der Waals surface area contributed by atoms with Gasteiger partial charge in [0, 0.05) is 35.6 Å². The number of hydrogen-bond acceptors (Lipinski definition) is 6. The van der Waals surface area contributed by atoms with Crippen LogP contribution in [0.1, 0.15) is 31.1 Å². The molecule has 1 heterocycles. The van der Waals surface area contributed by atoms with E-state index in [2.05, 4.69) is 62.4 Å². The van der Waals surface area contributed by atoms with Crippen LogP contribution in [-0.4, -0.2) is 35.7 Å². The Labute approximate surface area is 224 Å². The molecular formula is C27H27BrN4O3S. The summed E-state index contributed by atoms with van der Waals surface area (Å²) in [4.78, 5) is 19.5. The molecule has 186 valence electrons. The van der Waals surface area contributed by atoms with Crippen molar-refractivity contribution < 1.29 is 13.9 Å². The average molecular weight is 568 g/mol. The number of carbonyl (C=O) groups excluding carboxylic acids is 1. The number of anilines is 2. The molecule has 0 saturated heterocycles. The summed E-state index contributed by atoms with van der Waals surface area (Å²) in [5.41, 5.74) is 4.57. The lowest BCUT2D eigenvalue weighted by Gasteiger charge is -2.20. The van der Waals surface area contributed by atoms with E-state index in [1.165, 1.54) is 5.69 Å². The first kappa shape index (κ1) is 25.7. The standard InChI is InChI=1S/C27H27BrN4O3S/c1-4-32(5-2)20-11-7-17(8-12-20)26-30-22-16-19(10-14-24(22)35-26)29-27(36)31-25(33)18-9-13-23(34-6-3)21(28)15-18/h7-16H,4-6H2,1-3H3,(H2,29,31,33,36). The number of ether oxygens (including phenoxy) is 1. The van der Waals surface area contributed by atoms with Crippen LogP contribution >= 0.6 is 28.1 Å². The third-order valence-electron chi connectivity index (χ3n) is 5.61. The van der Waals surface area contributed by atoms with E-state index in [4.69, 9.17) is 21.4 Å². The molecule has 0 atom stereocenters. The molecule has 2 N–H and O–H groups in total. The van der Waals surface area contributed by atoms with Gasteiger partial charge in [0.1, 0.15) is 11.3 Å². The Kier molecular flexibility index (Phi) is 8.22. The van der Waals surface area contributed by atoms with E-state index in [1.54, 1.807) is 18.2 Å². The highest BCUT2D eigenvalue weighted by Gasteiger charge is 2.13. The van der Waals surface area contributed by atoms with Crippen molar-refractivity contribution in [3.63, 3.8) is 0 Å². The first-order chi connectivity index (χ1) is 17.4. The first-order valence-corrected chi connectivity index (χ1v) is 12.9. The number of oxazole rings is 1. The number of benzene rings is 3. The van der Waals surface area contributed by atoms with E-state index in [9.17, 15) is 4.79 Å². The maximum Gasteiger partial charge on any atom is 0.257 e. The second-order valence-corrected chi connectivity index (χ2v) is 9.17. The number of nitrogens with one attached hydrogen (secondary N) is 2. The average Bonchev–Trinajstić information content (AvgIpc) is 3.30. The summed E-state index contributed by atoms with van der Waals surface area (Å²) in [6.45, 7) is 8.63. The summed E-state index contributed by atoms with van der Waals surface area (Å²) in [5.74, 6) is 0.897. The van der Waals surface area contributed by atoms with Crippen LogP contribution in [0.25, 0.3) is 22.6 Å². The Morgan fingerprint density at radius 2 is 1.81 bits per heavy atom. The Morgan fingerprint density at radius 1 is 1.06 bits per heavy atom. The monoisotopic (exact) mass is 566 g/mol. The Bertz CT molecular complexity index is 1380. The number of halogens is 1. The summed E-state index contributed by atoms with van der Waals surface area (Å²) in [7, 11) is 0. The van der Waals surface area contributed by atoms with Gasteiger partial charge in [-0.2, -0.15) is 0 Å². The maximum absolute atomic E-state index is 12.6. The van der Waals surface area contributed by atoms with Crippen molar-refractivity contribution in [2.24, 2.45) is 0 Å². The lowest BCUT2D eigenvalue weighted by molar-refractivity contribution is 0.0977. The van der Waals surface area contributed by atoms with Crippen molar-refractivity contribution >= 4 is 61.6 Å². The van der Waals surface area contributed by atoms with Gasteiger partial charge in [-0.15, -0.1) is 0 Å². The summed E-state index contributed by atoms with van der Waals surface area (Å²) in [5, 5.41) is 5.92. The maximum atomic E-state index is 12.6. The van der Waals surface area contributed by atoms with Crippen LogP contribution in [0.5, 0.6) is 5.75 Å². The normalized spacial score (nSPS) is 10.8. The fourth-order valence-corrected chi connectivity index (χ4v) is 4.49. The molecule has 0 fully saturated rings. The molecule has 0 spiro atoms. The van der Waals surface area contributed by atoms with Crippen molar-refractivity contribution in [3.05, 3.63) is 70.7 Å². The van der Waals surface area contributed by atoms with Crippen molar-refractivity contribution in [1.29, 1.82) is 0 Å². The molecule has 0 saturated carbocycles. The van der Waals surface area contributed by atoms with Gasteiger partial charge >= 0.3 is 0 Å². The number of carbonyl (C=O) groups is 1. The molecule has 0 radical (unpaired) electrons. The molecule has 0 aliphatic carbocycles. The topological polar surface area (TPSA) is 79.6 Å². The largest absolute Gasteiger partial charge is 0.493 e. The molecule has 7 nitrogen and oxygen atoms in total. The summed E-state index contributed by atoms with van der Waals surface area (Å²) in [6.07, 6.45) is 0. The van der Waals surface area contributed by atoms with Crippen LogP contribution in [0.4, 0.5) is 11.4 Å². The van der Waals surface area contributed by atoms with E-state index in [0.29, 0.717) is 45.1 Å². The summed E-state index contributed by atoms with van der Waals surface area (Å²) in [6, 6.07) is 18.8. The minimum Gasteiger partial charge on any atom is -0.493 e. The number of thiocarbonyl (C=S) groups is 1. The van der Waals surface area contributed by atoms with E-state index < -0.39 is 0 Å². The smallest absolute Gasteiger partial charge is 0.257 e. The van der Waals surface area contributed by atoms with Crippen molar-refractivity contribution in [3.8, 4) is 17.2 Å². The number of amides is 1. The molecule has 4 rings (SSSR count). The molecular weight excluding hydrogens is 540 g/mol. The van der Waals surface area contributed by atoms with Crippen molar-refractivity contribution in [1.82, 2.24) is 10.3 Å². The zero-order valence-corrected chi connectivity index (χ0v) is 22.7. The molecule has 0 bridgehead atoms. The van der Waals surface area contributed by atoms with E-state index in [-0.39, 0.29) is 11.0 Å². The molecule has 0 unspecified atom stereocenters. The van der Waals surface area contributed by atoms with Crippen LogP contribution in [0.3, 0.4) is 0 Å². The van der Waals surface area contributed by atoms with Gasteiger partial charge in [-0.1, -0.05) is 0 Å². The van der Waals surface area contributed by atoms with Crippen molar-refractivity contribution in [2.45, 2.75) is 20.8 Å². The molecule has 9 heteroatoms. The molecule has 0 aliphatic heterocycles. The van der Waals surface area contributed by atoms with Gasteiger partial charge in [-0.25, -0.2) is 4.98 Å². The Balaban J connectivity index is 1.43. The molecule has 3 aromatic carbocycles. The second kappa shape index (κ2) is 11.5. The highest BCUT2D eigenvalue weighted by Crippen LogP contribution is 2.28. The van der Waals surface area contributed by atoms with Crippen LogP contribution < -0.4 is 20.3 Å². The number of aromatic nitrogens is 1. The Hall–Kier alpha value is -3.43. The highest BCUT2D eigenvalue weighted by molar-refractivity contribution is 9.10. The molecule has 36 heavy (non-hydrogen) atoms. The van der Waals surface area contributed by atoms with E-state index in [1.807, 2.05) is 37.3 Å². The lowest BCUT2D eigenvalue weighted by Crippen LogP contribution is -2.34. The fourth-order valence-electron chi connectivity index (χ4n) is 3.78.